The molecular formula is C10H17F3N2O3. The maximum absolute atomic E-state index is 11.8. The minimum atomic E-state index is -4.88. The molecule has 0 radical (unpaired) electrons. The zero-order valence-corrected chi connectivity index (χ0v) is 10.5. The van der Waals surface area contributed by atoms with Crippen molar-refractivity contribution in [2.75, 3.05) is 13.1 Å². The van der Waals surface area contributed by atoms with Gasteiger partial charge in [-0.15, -0.1) is 0 Å². The number of rotatable bonds is 4. The zero-order chi connectivity index (χ0) is 14.4. The van der Waals surface area contributed by atoms with E-state index in [4.69, 9.17) is 4.74 Å². The summed E-state index contributed by atoms with van der Waals surface area (Å²) < 4.78 is 40.2. The van der Waals surface area contributed by atoms with Crippen LogP contribution >= 0.6 is 0 Å². The van der Waals surface area contributed by atoms with E-state index in [0.717, 1.165) is 0 Å². The summed E-state index contributed by atoms with van der Waals surface area (Å²) >= 11 is 0. The van der Waals surface area contributed by atoms with Crippen LogP contribution in [0.25, 0.3) is 0 Å². The highest BCUT2D eigenvalue weighted by atomic mass is 19.4. The van der Waals surface area contributed by atoms with Crippen LogP contribution in [0.15, 0.2) is 0 Å². The summed E-state index contributed by atoms with van der Waals surface area (Å²) in [4.78, 5) is 21.5. The number of ether oxygens (including phenoxy) is 1. The lowest BCUT2D eigenvalue weighted by Gasteiger charge is -2.19. The van der Waals surface area contributed by atoms with Crippen LogP contribution in [0, 0.1) is 0 Å². The van der Waals surface area contributed by atoms with Gasteiger partial charge < -0.3 is 15.4 Å². The van der Waals surface area contributed by atoms with Crippen LogP contribution in [-0.4, -0.2) is 36.9 Å². The standard InChI is InChI=1S/C10H17F3N2O3/c1-9(2,3)18-8(17)15-6-4-5-14-7(16)10(11,12)13/h4-6H2,1-3H3,(H,14,16)(H,15,17). The van der Waals surface area contributed by atoms with Gasteiger partial charge in [-0.05, 0) is 27.2 Å². The molecule has 106 valence electrons. The van der Waals surface area contributed by atoms with E-state index in [1.54, 1.807) is 26.1 Å². The van der Waals surface area contributed by atoms with Gasteiger partial charge >= 0.3 is 18.2 Å². The van der Waals surface area contributed by atoms with Crippen molar-refractivity contribution in [2.24, 2.45) is 0 Å². The largest absolute Gasteiger partial charge is 0.471 e. The van der Waals surface area contributed by atoms with E-state index in [0.29, 0.717) is 0 Å². The van der Waals surface area contributed by atoms with Crippen LogP contribution in [0.1, 0.15) is 27.2 Å². The fraction of sp³-hybridized carbons (Fsp3) is 0.800. The summed E-state index contributed by atoms with van der Waals surface area (Å²) in [5.41, 5.74) is -0.630. The molecule has 0 spiro atoms. The van der Waals surface area contributed by atoms with Gasteiger partial charge in [0.2, 0.25) is 0 Å². The smallest absolute Gasteiger partial charge is 0.444 e. The van der Waals surface area contributed by atoms with E-state index >= 15 is 0 Å². The molecule has 8 heteroatoms. The van der Waals surface area contributed by atoms with Crippen LogP contribution in [0.5, 0.6) is 0 Å². The Kier molecular flexibility index (Phi) is 5.93. The van der Waals surface area contributed by atoms with Gasteiger partial charge in [0, 0.05) is 13.1 Å². The summed E-state index contributed by atoms with van der Waals surface area (Å²) in [6, 6.07) is 0. The molecule has 0 heterocycles. The first-order chi connectivity index (χ1) is 8.02. The fourth-order valence-electron chi connectivity index (χ4n) is 0.895. The Morgan fingerprint density at radius 2 is 1.56 bits per heavy atom. The molecule has 0 atom stereocenters. The second-order valence-corrected chi connectivity index (χ2v) is 4.54. The van der Waals surface area contributed by atoms with E-state index in [2.05, 4.69) is 5.32 Å². The fourth-order valence-corrected chi connectivity index (χ4v) is 0.895. The number of hydrogen-bond donors (Lipinski definition) is 2. The second kappa shape index (κ2) is 6.46. The minimum Gasteiger partial charge on any atom is -0.444 e. The van der Waals surface area contributed by atoms with Crippen molar-refractivity contribution in [3.63, 3.8) is 0 Å². The first-order valence-corrected chi connectivity index (χ1v) is 5.34. The van der Waals surface area contributed by atoms with E-state index in [1.807, 2.05) is 0 Å². The molecule has 0 aliphatic rings. The number of hydrogen-bond acceptors (Lipinski definition) is 3. The number of nitrogens with one attached hydrogen (secondary N) is 2. The highest BCUT2D eigenvalue weighted by Crippen LogP contribution is 2.13. The summed E-state index contributed by atoms with van der Waals surface area (Å²) in [5, 5.41) is 4.05. The van der Waals surface area contributed by atoms with Crippen LogP contribution in [0.3, 0.4) is 0 Å². The lowest BCUT2D eigenvalue weighted by atomic mass is 10.2. The Balaban J connectivity index is 3.64. The number of alkyl carbamates (subject to hydrolysis) is 1. The van der Waals surface area contributed by atoms with Gasteiger partial charge in [0.25, 0.3) is 0 Å². The van der Waals surface area contributed by atoms with Crippen molar-refractivity contribution < 1.29 is 27.5 Å². The Morgan fingerprint density at radius 3 is 2.00 bits per heavy atom. The molecule has 0 unspecified atom stereocenters. The molecule has 0 aromatic carbocycles. The summed E-state index contributed by atoms with van der Waals surface area (Å²) in [7, 11) is 0. The van der Waals surface area contributed by atoms with E-state index in [9.17, 15) is 22.8 Å². The molecule has 2 N–H and O–H groups in total. The normalized spacial score (nSPS) is 11.9. The first-order valence-electron chi connectivity index (χ1n) is 5.34. The second-order valence-electron chi connectivity index (χ2n) is 4.54. The third-order valence-electron chi connectivity index (χ3n) is 1.56. The van der Waals surface area contributed by atoms with Gasteiger partial charge in [-0.3, -0.25) is 4.79 Å². The quantitative estimate of drug-likeness (QED) is 0.762. The van der Waals surface area contributed by atoms with Crippen LogP contribution in [0.2, 0.25) is 0 Å². The maximum atomic E-state index is 11.8. The van der Waals surface area contributed by atoms with Gasteiger partial charge in [-0.25, -0.2) is 4.79 Å². The topological polar surface area (TPSA) is 67.4 Å². The maximum Gasteiger partial charge on any atom is 0.471 e. The zero-order valence-electron chi connectivity index (χ0n) is 10.5. The molecule has 5 nitrogen and oxygen atoms in total. The molecule has 0 fully saturated rings. The Bertz CT molecular complexity index is 298. The molecule has 0 aromatic heterocycles. The van der Waals surface area contributed by atoms with Crippen molar-refractivity contribution in [3.8, 4) is 0 Å². The van der Waals surface area contributed by atoms with Crippen molar-refractivity contribution in [2.45, 2.75) is 39.0 Å². The average Bonchev–Trinajstić information content (AvgIpc) is 2.12. The highest BCUT2D eigenvalue weighted by molar-refractivity contribution is 5.81. The average molecular weight is 270 g/mol. The summed E-state index contributed by atoms with van der Waals surface area (Å²) in [6.45, 7) is 5.02. The molecule has 0 rings (SSSR count). The monoisotopic (exact) mass is 270 g/mol. The van der Waals surface area contributed by atoms with E-state index < -0.39 is 23.8 Å². The third kappa shape index (κ3) is 8.66. The third-order valence-corrected chi connectivity index (χ3v) is 1.56. The molecule has 0 aliphatic heterocycles. The molecule has 18 heavy (non-hydrogen) atoms. The number of alkyl halides is 3. The van der Waals surface area contributed by atoms with Crippen molar-refractivity contribution in [1.82, 2.24) is 10.6 Å². The molecule has 2 amide bonds. The summed E-state index contributed by atoms with van der Waals surface area (Å²) in [6.07, 6.45) is -5.34. The first kappa shape index (κ1) is 16.5. The SMILES string of the molecule is CC(C)(C)OC(=O)NCCCNC(=O)C(F)(F)F. The van der Waals surface area contributed by atoms with Gasteiger partial charge in [-0.1, -0.05) is 0 Å². The number of amides is 2. The molecule has 0 saturated carbocycles. The number of halogens is 3. The molecular weight excluding hydrogens is 253 g/mol. The lowest BCUT2D eigenvalue weighted by Crippen LogP contribution is -2.38. The van der Waals surface area contributed by atoms with Crippen LogP contribution < -0.4 is 10.6 Å². The van der Waals surface area contributed by atoms with Crippen molar-refractivity contribution in [1.29, 1.82) is 0 Å². The van der Waals surface area contributed by atoms with Crippen LogP contribution in [-0.2, 0) is 9.53 Å². The molecule has 0 bridgehead atoms. The van der Waals surface area contributed by atoms with E-state index in [1.165, 1.54) is 0 Å². The number of carbonyl (C=O) groups is 2. The van der Waals surface area contributed by atoms with Crippen LogP contribution in [0.4, 0.5) is 18.0 Å². The van der Waals surface area contributed by atoms with Gasteiger partial charge in [0.15, 0.2) is 0 Å². The predicted octanol–water partition coefficient (Wildman–Crippen LogP) is 1.58. The van der Waals surface area contributed by atoms with Gasteiger partial charge in [0.1, 0.15) is 5.60 Å². The predicted molar refractivity (Wildman–Crippen MR) is 57.9 cm³/mol. The summed E-state index contributed by atoms with van der Waals surface area (Å²) in [5.74, 6) is -1.99. The van der Waals surface area contributed by atoms with Crippen molar-refractivity contribution in [3.05, 3.63) is 0 Å². The number of carbonyl (C=O) groups excluding carboxylic acids is 2. The minimum absolute atomic E-state index is 0.118. The molecule has 0 aliphatic carbocycles. The Labute approximate surface area is 103 Å². The van der Waals surface area contributed by atoms with Crippen molar-refractivity contribution >= 4 is 12.0 Å². The van der Waals surface area contributed by atoms with Gasteiger partial charge in [-0.2, -0.15) is 13.2 Å². The lowest BCUT2D eigenvalue weighted by molar-refractivity contribution is -0.173. The van der Waals surface area contributed by atoms with E-state index in [-0.39, 0.29) is 19.5 Å². The van der Waals surface area contributed by atoms with Gasteiger partial charge in [0.05, 0.1) is 0 Å². The Morgan fingerprint density at radius 1 is 1.06 bits per heavy atom. The molecule has 0 aromatic rings. The highest BCUT2D eigenvalue weighted by Gasteiger charge is 2.38. The molecule has 0 saturated heterocycles. The Hall–Kier alpha value is -1.47.